The van der Waals surface area contributed by atoms with Crippen LogP contribution in [0.15, 0.2) is 0 Å². The summed E-state index contributed by atoms with van der Waals surface area (Å²) in [7, 11) is 0. The molecule has 98 valence electrons. The number of thioether (sulfide) groups is 1. The fourth-order valence-electron chi connectivity index (χ4n) is 2.20. The van der Waals surface area contributed by atoms with Gasteiger partial charge in [0.15, 0.2) is 0 Å². The predicted octanol–water partition coefficient (Wildman–Crippen LogP) is 3.13. The Hall–Kier alpha value is -0.290. The second-order valence-electron chi connectivity index (χ2n) is 4.40. The van der Waals surface area contributed by atoms with Gasteiger partial charge in [-0.05, 0) is 26.7 Å². The first-order chi connectivity index (χ1) is 8.05. The Morgan fingerprint density at radius 1 is 1.29 bits per heavy atom. The van der Waals surface area contributed by atoms with Crippen LogP contribution >= 0.6 is 24.0 Å². The van der Waals surface area contributed by atoms with Crippen molar-refractivity contribution in [1.29, 1.82) is 0 Å². The molecular formula is C12H21NO2S2. The summed E-state index contributed by atoms with van der Waals surface area (Å²) >= 11 is 6.76. The number of hydrogen-bond acceptors (Lipinski definition) is 3. The Kier molecular flexibility index (Phi) is 5.73. The Morgan fingerprint density at radius 2 is 1.82 bits per heavy atom. The number of carboxylic acids is 1. The Bertz CT molecular complexity index is 284. The number of hydrogen-bond donors (Lipinski definition) is 1. The maximum atomic E-state index is 11.5. The van der Waals surface area contributed by atoms with Gasteiger partial charge in [-0.3, -0.25) is 4.79 Å². The van der Waals surface area contributed by atoms with Crippen LogP contribution in [0.3, 0.4) is 0 Å². The third-order valence-electron chi connectivity index (χ3n) is 3.36. The van der Waals surface area contributed by atoms with Gasteiger partial charge in [0.1, 0.15) is 9.07 Å². The molecule has 0 radical (unpaired) electrons. The van der Waals surface area contributed by atoms with E-state index >= 15 is 0 Å². The van der Waals surface area contributed by atoms with E-state index in [0.717, 1.165) is 49.5 Å². The average Bonchev–Trinajstić information content (AvgIpc) is 2.31. The highest BCUT2D eigenvalue weighted by molar-refractivity contribution is 8.24. The molecule has 0 spiro atoms. The zero-order valence-electron chi connectivity index (χ0n) is 10.6. The van der Waals surface area contributed by atoms with Crippen LogP contribution in [0.25, 0.3) is 0 Å². The van der Waals surface area contributed by atoms with Gasteiger partial charge in [0.05, 0.1) is 0 Å². The van der Waals surface area contributed by atoms with Gasteiger partial charge >= 0.3 is 5.97 Å². The molecule has 0 saturated heterocycles. The predicted molar refractivity (Wildman–Crippen MR) is 76.6 cm³/mol. The van der Waals surface area contributed by atoms with E-state index in [1.54, 1.807) is 0 Å². The van der Waals surface area contributed by atoms with E-state index in [4.69, 9.17) is 12.2 Å². The van der Waals surface area contributed by atoms with Crippen LogP contribution in [-0.2, 0) is 4.79 Å². The molecule has 0 aromatic carbocycles. The smallest absolute Gasteiger partial charge is 0.320 e. The van der Waals surface area contributed by atoms with Crippen molar-refractivity contribution in [1.82, 2.24) is 4.90 Å². The van der Waals surface area contributed by atoms with Crippen LogP contribution in [0.1, 0.15) is 46.0 Å². The molecule has 17 heavy (non-hydrogen) atoms. The standard InChI is InChI=1S/C12H21NO2S2/c1-3-13(4-2)11(16)17-12(10(14)15)8-6-5-7-9-12/h3-9H2,1-2H3,(H,14,15). The second-order valence-corrected chi connectivity index (χ2v) is 6.42. The topological polar surface area (TPSA) is 40.5 Å². The molecule has 1 aliphatic rings. The van der Waals surface area contributed by atoms with Crippen molar-refractivity contribution in [2.75, 3.05) is 13.1 Å². The van der Waals surface area contributed by atoms with E-state index in [1.165, 1.54) is 11.8 Å². The number of nitrogens with zero attached hydrogens (tertiary/aromatic N) is 1. The first-order valence-corrected chi connectivity index (χ1v) is 7.49. The zero-order chi connectivity index (χ0) is 12.9. The molecule has 0 aromatic heterocycles. The molecule has 1 fully saturated rings. The molecule has 3 nitrogen and oxygen atoms in total. The van der Waals surface area contributed by atoms with Crippen molar-refractivity contribution in [3.8, 4) is 0 Å². The quantitative estimate of drug-likeness (QED) is 0.798. The number of carboxylic acid groups (broad SMARTS) is 1. The average molecular weight is 275 g/mol. The highest BCUT2D eigenvalue weighted by Crippen LogP contribution is 2.41. The van der Waals surface area contributed by atoms with E-state index in [0.29, 0.717) is 0 Å². The lowest BCUT2D eigenvalue weighted by molar-refractivity contribution is -0.140. The lowest BCUT2D eigenvalue weighted by Gasteiger charge is -2.34. The molecule has 0 amide bonds. The summed E-state index contributed by atoms with van der Waals surface area (Å²) in [5, 5.41) is 9.47. The normalized spacial score (nSPS) is 18.7. The summed E-state index contributed by atoms with van der Waals surface area (Å²) < 4.78 is 0.0667. The van der Waals surface area contributed by atoms with Crippen molar-refractivity contribution in [2.45, 2.75) is 50.7 Å². The Labute approximate surface area is 113 Å². The van der Waals surface area contributed by atoms with Crippen LogP contribution in [0.2, 0.25) is 0 Å². The van der Waals surface area contributed by atoms with Crippen molar-refractivity contribution in [3.63, 3.8) is 0 Å². The summed E-state index contributed by atoms with van der Waals surface area (Å²) in [5.74, 6) is -0.697. The zero-order valence-corrected chi connectivity index (χ0v) is 12.2. The van der Waals surface area contributed by atoms with E-state index in [2.05, 4.69) is 4.90 Å². The van der Waals surface area contributed by atoms with Gasteiger partial charge in [-0.1, -0.05) is 43.2 Å². The lowest BCUT2D eigenvalue weighted by atomic mass is 9.88. The summed E-state index contributed by atoms with van der Waals surface area (Å²) in [5.41, 5.74) is 0. The van der Waals surface area contributed by atoms with Gasteiger partial charge in [-0.2, -0.15) is 0 Å². The van der Waals surface area contributed by atoms with E-state index in [-0.39, 0.29) is 0 Å². The van der Waals surface area contributed by atoms with E-state index in [9.17, 15) is 9.90 Å². The monoisotopic (exact) mass is 275 g/mol. The maximum absolute atomic E-state index is 11.5. The van der Waals surface area contributed by atoms with Crippen LogP contribution in [0.4, 0.5) is 0 Å². The minimum absolute atomic E-state index is 0.669. The van der Waals surface area contributed by atoms with E-state index in [1.807, 2.05) is 13.8 Å². The van der Waals surface area contributed by atoms with Gasteiger partial charge in [-0.15, -0.1) is 0 Å². The van der Waals surface area contributed by atoms with Crippen molar-refractivity contribution >= 4 is 34.3 Å². The fraction of sp³-hybridized carbons (Fsp3) is 0.833. The van der Waals surface area contributed by atoms with Crippen molar-refractivity contribution in [2.24, 2.45) is 0 Å². The van der Waals surface area contributed by atoms with Crippen LogP contribution < -0.4 is 0 Å². The Morgan fingerprint density at radius 3 is 2.24 bits per heavy atom. The first kappa shape index (κ1) is 14.8. The molecular weight excluding hydrogens is 254 g/mol. The highest BCUT2D eigenvalue weighted by Gasteiger charge is 2.42. The van der Waals surface area contributed by atoms with Gasteiger partial charge in [0.25, 0.3) is 0 Å². The molecule has 1 rings (SSSR count). The van der Waals surface area contributed by atoms with Crippen LogP contribution in [-0.4, -0.2) is 38.1 Å². The van der Waals surface area contributed by atoms with Crippen molar-refractivity contribution < 1.29 is 9.90 Å². The minimum atomic E-state index is -0.697. The number of thiocarbonyl (C=S) groups is 1. The summed E-state index contributed by atoms with van der Waals surface area (Å²) in [4.78, 5) is 13.6. The van der Waals surface area contributed by atoms with Gasteiger partial charge in [0.2, 0.25) is 0 Å². The summed E-state index contributed by atoms with van der Waals surface area (Å²) in [6.45, 7) is 5.78. The molecule has 5 heteroatoms. The van der Waals surface area contributed by atoms with Crippen LogP contribution in [0, 0.1) is 0 Å². The number of rotatable bonds is 4. The molecule has 0 aliphatic heterocycles. The fourth-order valence-corrected chi connectivity index (χ4v) is 4.23. The summed E-state index contributed by atoms with van der Waals surface area (Å²) in [6, 6.07) is 0. The SMILES string of the molecule is CCN(CC)C(=S)SC1(C(=O)O)CCCCC1. The molecule has 0 heterocycles. The highest BCUT2D eigenvalue weighted by atomic mass is 32.2. The second kappa shape index (κ2) is 6.59. The molecule has 0 bridgehead atoms. The van der Waals surface area contributed by atoms with Gasteiger partial charge in [-0.25, -0.2) is 0 Å². The first-order valence-electron chi connectivity index (χ1n) is 6.27. The molecule has 0 aromatic rings. The Balaban J connectivity index is 2.73. The minimum Gasteiger partial charge on any atom is -0.480 e. The van der Waals surface area contributed by atoms with Crippen molar-refractivity contribution in [3.05, 3.63) is 0 Å². The van der Waals surface area contributed by atoms with Gasteiger partial charge < -0.3 is 10.0 Å². The van der Waals surface area contributed by atoms with E-state index < -0.39 is 10.7 Å². The van der Waals surface area contributed by atoms with Crippen LogP contribution in [0.5, 0.6) is 0 Å². The summed E-state index contributed by atoms with van der Waals surface area (Å²) in [6.07, 6.45) is 4.64. The molecule has 1 N–H and O–H groups in total. The number of aliphatic carboxylic acids is 1. The largest absolute Gasteiger partial charge is 0.480 e. The maximum Gasteiger partial charge on any atom is 0.320 e. The van der Waals surface area contributed by atoms with Gasteiger partial charge in [0, 0.05) is 13.1 Å². The molecule has 1 aliphatic carbocycles. The third-order valence-corrected chi connectivity index (χ3v) is 5.27. The molecule has 1 saturated carbocycles. The molecule has 0 unspecified atom stereocenters. The lowest BCUT2D eigenvalue weighted by Crippen LogP contribution is -2.41. The number of carbonyl (C=O) groups is 1. The molecule has 0 atom stereocenters. The third kappa shape index (κ3) is 3.58.